The van der Waals surface area contributed by atoms with Crippen molar-refractivity contribution in [1.82, 2.24) is 0 Å². The third-order valence-corrected chi connectivity index (χ3v) is 2.57. The Morgan fingerprint density at radius 3 is 2.47 bits per heavy atom. The van der Waals surface area contributed by atoms with Crippen molar-refractivity contribution >= 4 is 5.69 Å². The molecule has 1 aromatic rings. The van der Waals surface area contributed by atoms with Crippen LogP contribution < -0.4 is 5.32 Å². The minimum Gasteiger partial charge on any atom is -0.396 e. The fraction of sp³-hybridized carbons (Fsp3) is 0.538. The number of nitrogens with one attached hydrogen (secondary N) is 1. The van der Waals surface area contributed by atoms with Crippen LogP contribution in [0.1, 0.15) is 32.3 Å². The molecule has 0 fully saturated rings. The lowest BCUT2D eigenvalue weighted by atomic mass is 10.1. The topological polar surface area (TPSA) is 32.3 Å². The summed E-state index contributed by atoms with van der Waals surface area (Å²) in [5.41, 5.74) is 2.53. The van der Waals surface area contributed by atoms with Gasteiger partial charge in [-0.25, -0.2) is 0 Å². The van der Waals surface area contributed by atoms with Crippen molar-refractivity contribution in [3.63, 3.8) is 0 Å². The molecule has 2 nitrogen and oxygen atoms in total. The number of benzene rings is 1. The number of aryl methyl sites for hydroxylation is 1. The van der Waals surface area contributed by atoms with E-state index in [1.54, 1.807) is 0 Å². The van der Waals surface area contributed by atoms with Crippen LogP contribution in [-0.2, 0) is 6.42 Å². The highest BCUT2D eigenvalue weighted by Crippen LogP contribution is 2.12. The predicted octanol–water partition coefficient (Wildman–Crippen LogP) is 2.82. The molecule has 0 aliphatic rings. The lowest BCUT2D eigenvalue weighted by Crippen LogP contribution is -2.15. The molecule has 2 N–H and O–H groups in total. The Kier molecular flexibility index (Phi) is 5.19. The van der Waals surface area contributed by atoms with Gasteiger partial charge in [-0.15, -0.1) is 0 Å². The second-order valence-corrected chi connectivity index (χ2v) is 3.96. The van der Waals surface area contributed by atoms with Gasteiger partial charge in [0.05, 0.1) is 0 Å². The highest BCUT2D eigenvalue weighted by Gasteiger charge is 2.00. The van der Waals surface area contributed by atoms with E-state index in [1.165, 1.54) is 5.56 Å². The zero-order valence-electron chi connectivity index (χ0n) is 9.66. The minimum atomic E-state index is 0.279. The molecule has 0 aliphatic heterocycles. The Hall–Kier alpha value is -1.02. The van der Waals surface area contributed by atoms with Gasteiger partial charge in [-0.3, -0.25) is 0 Å². The highest BCUT2D eigenvalue weighted by molar-refractivity contribution is 5.45. The standard InChI is InChI=1S/C13H21NO/c1-3-12-6-8-13(9-7-12)14-11(2)5-4-10-15/h6-9,11,14-15H,3-5,10H2,1-2H3. The number of aliphatic hydroxyl groups is 1. The van der Waals surface area contributed by atoms with Gasteiger partial charge in [0.1, 0.15) is 0 Å². The fourth-order valence-electron chi connectivity index (χ4n) is 1.59. The van der Waals surface area contributed by atoms with Gasteiger partial charge < -0.3 is 10.4 Å². The molecule has 15 heavy (non-hydrogen) atoms. The van der Waals surface area contributed by atoms with Crippen molar-refractivity contribution < 1.29 is 5.11 Å². The number of anilines is 1. The first-order valence-corrected chi connectivity index (χ1v) is 5.72. The van der Waals surface area contributed by atoms with Crippen LogP contribution in [0.4, 0.5) is 5.69 Å². The van der Waals surface area contributed by atoms with Gasteiger partial charge >= 0.3 is 0 Å². The lowest BCUT2D eigenvalue weighted by Gasteiger charge is -2.14. The van der Waals surface area contributed by atoms with Crippen molar-refractivity contribution in [3.05, 3.63) is 29.8 Å². The molecule has 1 aromatic carbocycles. The molecule has 1 unspecified atom stereocenters. The van der Waals surface area contributed by atoms with Crippen LogP contribution in [0.15, 0.2) is 24.3 Å². The van der Waals surface area contributed by atoms with E-state index in [0.717, 1.165) is 24.9 Å². The van der Waals surface area contributed by atoms with E-state index in [1.807, 2.05) is 0 Å². The van der Waals surface area contributed by atoms with Gasteiger partial charge in [-0.1, -0.05) is 19.1 Å². The Bertz CT molecular complexity index is 268. The molecule has 1 atom stereocenters. The lowest BCUT2D eigenvalue weighted by molar-refractivity contribution is 0.282. The molecule has 2 heteroatoms. The SMILES string of the molecule is CCc1ccc(NC(C)CCCO)cc1. The molecule has 0 amide bonds. The molecular formula is C13H21NO. The average molecular weight is 207 g/mol. The Morgan fingerprint density at radius 1 is 1.27 bits per heavy atom. The van der Waals surface area contributed by atoms with Gasteiger partial charge in [0, 0.05) is 18.3 Å². The molecular weight excluding hydrogens is 186 g/mol. The molecule has 0 heterocycles. The number of hydrogen-bond acceptors (Lipinski definition) is 2. The van der Waals surface area contributed by atoms with Crippen LogP contribution in [0.5, 0.6) is 0 Å². The van der Waals surface area contributed by atoms with Gasteiger partial charge in [0.25, 0.3) is 0 Å². The van der Waals surface area contributed by atoms with Crippen molar-refractivity contribution in [1.29, 1.82) is 0 Å². The second-order valence-electron chi connectivity index (χ2n) is 3.96. The van der Waals surface area contributed by atoms with Gasteiger partial charge in [-0.05, 0) is 43.9 Å². The number of aliphatic hydroxyl groups excluding tert-OH is 1. The Morgan fingerprint density at radius 2 is 1.93 bits per heavy atom. The molecule has 1 rings (SSSR count). The summed E-state index contributed by atoms with van der Waals surface area (Å²) in [5.74, 6) is 0. The zero-order chi connectivity index (χ0) is 11.1. The second kappa shape index (κ2) is 6.46. The normalized spacial score (nSPS) is 12.5. The minimum absolute atomic E-state index is 0.279. The molecule has 84 valence electrons. The molecule has 0 aliphatic carbocycles. The number of rotatable bonds is 6. The smallest absolute Gasteiger partial charge is 0.0431 e. The van der Waals surface area contributed by atoms with Crippen molar-refractivity contribution in [3.8, 4) is 0 Å². The van der Waals surface area contributed by atoms with Crippen molar-refractivity contribution in [2.45, 2.75) is 39.2 Å². The van der Waals surface area contributed by atoms with Gasteiger partial charge in [0.2, 0.25) is 0 Å². The summed E-state index contributed by atoms with van der Waals surface area (Å²) in [7, 11) is 0. The predicted molar refractivity (Wildman–Crippen MR) is 65.2 cm³/mol. The highest BCUT2D eigenvalue weighted by atomic mass is 16.2. The summed E-state index contributed by atoms with van der Waals surface area (Å²) < 4.78 is 0. The van der Waals surface area contributed by atoms with Gasteiger partial charge in [0.15, 0.2) is 0 Å². The first kappa shape index (κ1) is 12.1. The summed E-state index contributed by atoms with van der Waals surface area (Å²) in [6, 6.07) is 8.97. The molecule has 0 saturated heterocycles. The maximum absolute atomic E-state index is 8.72. The first-order valence-electron chi connectivity index (χ1n) is 5.72. The van der Waals surface area contributed by atoms with Crippen LogP contribution in [0, 0.1) is 0 Å². The van der Waals surface area contributed by atoms with E-state index in [9.17, 15) is 0 Å². The maximum Gasteiger partial charge on any atom is 0.0431 e. The maximum atomic E-state index is 8.72. The molecule has 0 aromatic heterocycles. The van der Waals surface area contributed by atoms with E-state index in [2.05, 4.69) is 43.4 Å². The van der Waals surface area contributed by atoms with Crippen LogP contribution in [0.25, 0.3) is 0 Å². The summed E-state index contributed by atoms with van der Waals surface area (Å²) in [4.78, 5) is 0. The molecule has 0 saturated carbocycles. The van der Waals surface area contributed by atoms with Crippen LogP contribution in [0.2, 0.25) is 0 Å². The summed E-state index contributed by atoms with van der Waals surface area (Å²) in [6.45, 7) is 4.58. The van der Waals surface area contributed by atoms with E-state index >= 15 is 0 Å². The summed E-state index contributed by atoms with van der Waals surface area (Å²) in [5, 5.41) is 12.1. The number of hydrogen-bond donors (Lipinski definition) is 2. The van der Waals surface area contributed by atoms with E-state index < -0.39 is 0 Å². The zero-order valence-corrected chi connectivity index (χ0v) is 9.66. The fourth-order valence-corrected chi connectivity index (χ4v) is 1.59. The Balaban J connectivity index is 2.42. The van der Waals surface area contributed by atoms with E-state index in [0.29, 0.717) is 6.04 Å². The van der Waals surface area contributed by atoms with E-state index in [-0.39, 0.29) is 6.61 Å². The average Bonchev–Trinajstić information content (AvgIpc) is 2.27. The summed E-state index contributed by atoms with van der Waals surface area (Å²) >= 11 is 0. The monoisotopic (exact) mass is 207 g/mol. The molecule has 0 radical (unpaired) electrons. The third kappa shape index (κ3) is 4.34. The van der Waals surface area contributed by atoms with Crippen LogP contribution in [0.3, 0.4) is 0 Å². The van der Waals surface area contributed by atoms with E-state index in [4.69, 9.17) is 5.11 Å². The van der Waals surface area contributed by atoms with Crippen molar-refractivity contribution in [2.24, 2.45) is 0 Å². The first-order chi connectivity index (χ1) is 7.26. The van der Waals surface area contributed by atoms with Gasteiger partial charge in [-0.2, -0.15) is 0 Å². The molecule has 0 bridgehead atoms. The summed E-state index contributed by atoms with van der Waals surface area (Å²) in [6.07, 6.45) is 2.95. The third-order valence-electron chi connectivity index (χ3n) is 2.57. The van der Waals surface area contributed by atoms with Crippen molar-refractivity contribution in [2.75, 3.05) is 11.9 Å². The molecule has 0 spiro atoms. The van der Waals surface area contributed by atoms with Crippen LogP contribution in [-0.4, -0.2) is 17.8 Å². The largest absolute Gasteiger partial charge is 0.396 e. The Labute approximate surface area is 92.3 Å². The quantitative estimate of drug-likeness (QED) is 0.751. The van der Waals surface area contributed by atoms with Crippen LogP contribution >= 0.6 is 0 Å².